The highest BCUT2D eigenvalue weighted by molar-refractivity contribution is 7.89. The molecule has 1 heterocycles. The number of anilines is 1. The van der Waals surface area contributed by atoms with Crippen molar-refractivity contribution in [1.82, 2.24) is 9.29 Å². The van der Waals surface area contributed by atoms with Crippen LogP contribution in [0.15, 0.2) is 64.3 Å². The van der Waals surface area contributed by atoms with Gasteiger partial charge in [-0.2, -0.15) is 4.31 Å². The van der Waals surface area contributed by atoms with Crippen LogP contribution in [-0.4, -0.2) is 44.3 Å². The molecule has 0 spiro atoms. The molecule has 0 saturated heterocycles. The van der Waals surface area contributed by atoms with Crippen LogP contribution in [0.25, 0.3) is 10.9 Å². The molecule has 0 bridgehead atoms. The molecular weight excluding hydrogens is 382 g/mol. The largest absolute Gasteiger partial charge is 0.497 e. The number of pyridine rings is 1. The van der Waals surface area contributed by atoms with Crippen molar-refractivity contribution in [2.24, 2.45) is 0 Å². The fraction of sp³-hybridized carbons (Fsp3) is 0.158. The quantitative estimate of drug-likeness (QED) is 0.655. The lowest BCUT2D eigenvalue weighted by Gasteiger charge is -2.17. The topological polar surface area (TPSA) is 109 Å². The van der Waals surface area contributed by atoms with Gasteiger partial charge >= 0.3 is 0 Å². The van der Waals surface area contributed by atoms with Crippen LogP contribution >= 0.6 is 0 Å². The standard InChI is InChI=1S/C19H19N3O5S/c1-22(12-19(24)20-14-4-3-5-15(11-14)27-2)28(25,26)16-7-8-17-13(10-16)6-9-18(23)21-17/h3-11H,12H2,1-2H3,(H,20,24)(H,21,23). The molecular formula is C19H19N3O5S. The molecule has 2 aromatic carbocycles. The van der Waals surface area contributed by atoms with Gasteiger partial charge in [0.15, 0.2) is 0 Å². The van der Waals surface area contributed by atoms with E-state index in [1.165, 1.54) is 38.4 Å². The average molecular weight is 401 g/mol. The number of methoxy groups -OCH3 is 1. The summed E-state index contributed by atoms with van der Waals surface area (Å²) >= 11 is 0. The predicted octanol–water partition coefficient (Wildman–Crippen LogP) is 1.80. The van der Waals surface area contributed by atoms with Crippen LogP contribution < -0.4 is 15.6 Å². The van der Waals surface area contributed by atoms with Crippen molar-refractivity contribution in [2.45, 2.75) is 4.90 Å². The Bertz CT molecular complexity index is 1190. The van der Waals surface area contributed by atoms with Crippen molar-refractivity contribution < 1.29 is 17.9 Å². The number of hydrogen-bond donors (Lipinski definition) is 2. The molecule has 0 fully saturated rings. The van der Waals surface area contributed by atoms with Crippen LogP contribution in [0.4, 0.5) is 5.69 Å². The molecule has 1 amide bonds. The maximum atomic E-state index is 12.8. The van der Waals surface area contributed by atoms with E-state index in [0.29, 0.717) is 22.3 Å². The highest BCUT2D eigenvalue weighted by atomic mass is 32.2. The number of ether oxygens (including phenoxy) is 1. The van der Waals surface area contributed by atoms with Gasteiger partial charge in [-0.3, -0.25) is 9.59 Å². The second kappa shape index (κ2) is 7.83. The summed E-state index contributed by atoms with van der Waals surface area (Å²) in [5.74, 6) is 0.0948. The van der Waals surface area contributed by atoms with E-state index in [-0.39, 0.29) is 17.0 Å². The van der Waals surface area contributed by atoms with Gasteiger partial charge in [-0.15, -0.1) is 0 Å². The summed E-state index contributed by atoms with van der Waals surface area (Å²) in [6.07, 6.45) is 0. The van der Waals surface area contributed by atoms with Crippen molar-refractivity contribution in [1.29, 1.82) is 0 Å². The van der Waals surface area contributed by atoms with E-state index >= 15 is 0 Å². The van der Waals surface area contributed by atoms with Crippen LogP contribution in [0.1, 0.15) is 0 Å². The Morgan fingerprint density at radius 3 is 2.68 bits per heavy atom. The van der Waals surface area contributed by atoms with Gasteiger partial charge in [-0.1, -0.05) is 6.07 Å². The number of H-pyrrole nitrogens is 1. The Morgan fingerprint density at radius 1 is 1.14 bits per heavy atom. The Balaban J connectivity index is 1.76. The van der Waals surface area contributed by atoms with E-state index < -0.39 is 15.9 Å². The Morgan fingerprint density at radius 2 is 1.93 bits per heavy atom. The van der Waals surface area contributed by atoms with E-state index in [1.54, 1.807) is 30.3 Å². The summed E-state index contributed by atoms with van der Waals surface area (Å²) in [6, 6.07) is 14.0. The number of hydrogen-bond acceptors (Lipinski definition) is 5. The van der Waals surface area contributed by atoms with Gasteiger partial charge in [0.1, 0.15) is 5.75 Å². The van der Waals surface area contributed by atoms with Gasteiger partial charge in [0.25, 0.3) is 0 Å². The molecule has 0 saturated carbocycles. The minimum atomic E-state index is -3.88. The van der Waals surface area contributed by atoms with E-state index in [0.717, 1.165) is 4.31 Å². The maximum Gasteiger partial charge on any atom is 0.248 e. The number of sulfonamides is 1. The van der Waals surface area contributed by atoms with Crippen LogP contribution in [0, 0.1) is 0 Å². The zero-order valence-electron chi connectivity index (χ0n) is 15.3. The van der Waals surface area contributed by atoms with Crippen LogP contribution in [-0.2, 0) is 14.8 Å². The number of fused-ring (bicyclic) bond motifs is 1. The lowest BCUT2D eigenvalue weighted by molar-refractivity contribution is -0.116. The van der Waals surface area contributed by atoms with Gasteiger partial charge < -0.3 is 15.0 Å². The van der Waals surface area contributed by atoms with Gasteiger partial charge in [0, 0.05) is 30.4 Å². The molecule has 2 N–H and O–H groups in total. The molecule has 0 aliphatic carbocycles. The van der Waals surface area contributed by atoms with Crippen LogP contribution in [0.2, 0.25) is 0 Å². The molecule has 0 unspecified atom stereocenters. The number of carbonyl (C=O) groups is 1. The summed E-state index contributed by atoms with van der Waals surface area (Å²) in [5.41, 5.74) is 0.768. The van der Waals surface area contributed by atoms with Crippen molar-refractivity contribution in [2.75, 3.05) is 26.0 Å². The molecule has 0 atom stereocenters. The van der Waals surface area contributed by atoms with E-state index in [2.05, 4.69) is 10.3 Å². The first-order chi connectivity index (χ1) is 13.3. The summed E-state index contributed by atoms with van der Waals surface area (Å²) < 4.78 is 31.6. The molecule has 8 nitrogen and oxygen atoms in total. The molecule has 3 rings (SSSR count). The third-order valence-electron chi connectivity index (χ3n) is 4.12. The molecule has 3 aromatic rings. The highest BCUT2D eigenvalue weighted by Crippen LogP contribution is 2.20. The number of amides is 1. The number of aromatic nitrogens is 1. The first-order valence-electron chi connectivity index (χ1n) is 8.33. The fourth-order valence-electron chi connectivity index (χ4n) is 2.66. The molecule has 146 valence electrons. The van der Waals surface area contributed by atoms with E-state index in [9.17, 15) is 18.0 Å². The first kappa shape index (κ1) is 19.6. The fourth-order valence-corrected chi connectivity index (χ4v) is 3.82. The number of aromatic amines is 1. The maximum absolute atomic E-state index is 12.8. The Hall–Kier alpha value is -3.17. The summed E-state index contributed by atoms with van der Waals surface area (Å²) in [7, 11) is -1.04. The average Bonchev–Trinajstić information content (AvgIpc) is 2.67. The Kier molecular flexibility index (Phi) is 5.48. The minimum absolute atomic E-state index is 0.0312. The summed E-state index contributed by atoms with van der Waals surface area (Å²) in [4.78, 5) is 26.3. The number of rotatable bonds is 6. The Labute approximate surface area is 161 Å². The normalized spacial score (nSPS) is 11.5. The number of carbonyl (C=O) groups excluding carboxylic acids is 1. The zero-order chi connectivity index (χ0) is 20.3. The lowest BCUT2D eigenvalue weighted by atomic mass is 10.2. The molecule has 28 heavy (non-hydrogen) atoms. The number of nitrogens with zero attached hydrogens (tertiary/aromatic N) is 1. The third-order valence-corrected chi connectivity index (χ3v) is 5.92. The molecule has 9 heteroatoms. The van der Waals surface area contributed by atoms with Gasteiger partial charge in [-0.05, 0) is 41.8 Å². The van der Waals surface area contributed by atoms with Crippen LogP contribution in [0.3, 0.4) is 0 Å². The lowest BCUT2D eigenvalue weighted by Crippen LogP contribution is -2.35. The zero-order valence-corrected chi connectivity index (χ0v) is 16.1. The molecule has 0 aliphatic rings. The highest BCUT2D eigenvalue weighted by Gasteiger charge is 2.23. The van der Waals surface area contributed by atoms with Crippen molar-refractivity contribution >= 4 is 32.5 Å². The van der Waals surface area contributed by atoms with Crippen LogP contribution in [0.5, 0.6) is 5.75 Å². The molecule has 0 aliphatic heterocycles. The number of benzene rings is 2. The predicted molar refractivity (Wildman–Crippen MR) is 106 cm³/mol. The van der Waals surface area contributed by atoms with Gasteiger partial charge in [0.2, 0.25) is 21.5 Å². The summed E-state index contributed by atoms with van der Waals surface area (Å²) in [5, 5.41) is 3.22. The minimum Gasteiger partial charge on any atom is -0.497 e. The van der Waals surface area contributed by atoms with Gasteiger partial charge in [-0.25, -0.2) is 8.42 Å². The molecule has 1 aromatic heterocycles. The molecule has 0 radical (unpaired) electrons. The smallest absolute Gasteiger partial charge is 0.248 e. The first-order valence-corrected chi connectivity index (χ1v) is 9.77. The van der Waals surface area contributed by atoms with Crippen molar-refractivity contribution in [3.63, 3.8) is 0 Å². The summed E-state index contributed by atoms with van der Waals surface area (Å²) in [6.45, 7) is -0.358. The second-order valence-electron chi connectivity index (χ2n) is 6.11. The van der Waals surface area contributed by atoms with E-state index in [4.69, 9.17) is 4.74 Å². The van der Waals surface area contributed by atoms with Gasteiger partial charge in [0.05, 0.1) is 18.6 Å². The van der Waals surface area contributed by atoms with E-state index in [1.807, 2.05) is 0 Å². The number of nitrogens with one attached hydrogen (secondary N) is 2. The van der Waals surface area contributed by atoms with Crippen molar-refractivity contribution in [3.05, 3.63) is 65.0 Å². The second-order valence-corrected chi connectivity index (χ2v) is 8.16. The monoisotopic (exact) mass is 401 g/mol. The van der Waals surface area contributed by atoms with Crippen molar-refractivity contribution in [3.8, 4) is 5.75 Å². The third kappa shape index (κ3) is 4.21. The SMILES string of the molecule is COc1cccc(NC(=O)CN(C)S(=O)(=O)c2ccc3[nH]c(=O)ccc3c2)c1. The number of likely N-dealkylation sites (N-methyl/N-ethyl adjacent to an activating group) is 1.